The number of aromatic nitrogens is 1. The summed E-state index contributed by atoms with van der Waals surface area (Å²) in [4.78, 5) is 2.36. The highest BCUT2D eigenvalue weighted by Gasteiger charge is 2.54. The van der Waals surface area contributed by atoms with Crippen molar-refractivity contribution >= 4 is 61.9 Å². The summed E-state index contributed by atoms with van der Waals surface area (Å²) in [7, 11) is -3.45. The van der Waals surface area contributed by atoms with Crippen LogP contribution >= 0.6 is 7.14 Å². The van der Waals surface area contributed by atoms with Crippen molar-refractivity contribution in [2.45, 2.75) is 24.7 Å². The third-order valence-corrected chi connectivity index (χ3v) is 18.6. The molecule has 0 saturated carbocycles. The molecule has 2 unspecified atom stereocenters. The van der Waals surface area contributed by atoms with E-state index in [0.717, 1.165) is 60.9 Å². The molecule has 0 radical (unpaired) electrons. The summed E-state index contributed by atoms with van der Waals surface area (Å²) >= 11 is 0. The average Bonchev–Trinajstić information content (AvgIpc) is 3.86. The van der Waals surface area contributed by atoms with Gasteiger partial charge in [-0.3, -0.25) is 0 Å². The van der Waals surface area contributed by atoms with Crippen molar-refractivity contribution in [2.24, 2.45) is 0 Å². The van der Waals surface area contributed by atoms with E-state index in [9.17, 15) is 0 Å². The Morgan fingerprint density at radius 3 is 1.82 bits per heavy atom. The molecule has 3 aliphatic rings. The molecule has 0 bridgehead atoms. The van der Waals surface area contributed by atoms with E-state index >= 15 is 4.57 Å². The van der Waals surface area contributed by atoms with Crippen LogP contribution < -0.4 is 20.8 Å². The topological polar surface area (TPSA) is 25.2 Å². The Morgan fingerprint density at radius 2 is 1.00 bits per heavy atom. The molecule has 3 nitrogen and oxygen atoms in total. The lowest BCUT2D eigenvalue weighted by atomic mass is 9.62. The fraction of sp³-hybridized carbons (Fsp3) is 0.0625. The van der Waals surface area contributed by atoms with E-state index in [1.54, 1.807) is 0 Å². The Hall–Kier alpha value is -7.97. The fourth-order valence-electron chi connectivity index (χ4n) is 12.5. The molecule has 0 fully saturated rings. The summed E-state index contributed by atoms with van der Waals surface area (Å²) in [6.07, 6.45) is 0. The average molecular weight is 889 g/mol. The molecular weight excluding hydrogens is 844 g/mol. The molecule has 3 heterocycles. The van der Waals surface area contributed by atoms with Crippen molar-refractivity contribution in [1.82, 2.24) is 4.57 Å². The minimum Gasteiger partial charge on any atom is -0.310 e. The number of para-hydroxylation sites is 4. The van der Waals surface area contributed by atoms with Crippen LogP contribution in [0.4, 0.5) is 17.1 Å². The fourth-order valence-corrected chi connectivity index (χ4v) is 15.7. The number of nitrogens with zero attached hydrogens (tertiary/aromatic N) is 2. The smallest absolute Gasteiger partial charge is 0.171 e. The molecule has 11 aromatic rings. The van der Waals surface area contributed by atoms with Crippen molar-refractivity contribution in [3.05, 3.63) is 270 Å². The van der Waals surface area contributed by atoms with Crippen LogP contribution in [-0.4, -0.2) is 4.57 Å². The minimum absolute atomic E-state index is 0.122. The Labute approximate surface area is 396 Å². The molecule has 1 aromatic heterocycles. The zero-order chi connectivity index (χ0) is 45.4. The van der Waals surface area contributed by atoms with Crippen LogP contribution in [0.2, 0.25) is 0 Å². The highest BCUT2D eigenvalue weighted by atomic mass is 31.2. The van der Waals surface area contributed by atoms with Crippen LogP contribution in [-0.2, 0) is 15.4 Å². The molecule has 0 amide bonds. The summed E-state index contributed by atoms with van der Waals surface area (Å²) in [5.41, 5.74) is 17.9. The minimum atomic E-state index is -3.45. The quantitative estimate of drug-likeness (QED) is 0.161. The van der Waals surface area contributed by atoms with E-state index in [4.69, 9.17) is 0 Å². The highest BCUT2D eigenvalue weighted by molar-refractivity contribution is 7.85. The number of benzene rings is 10. The second-order valence-electron chi connectivity index (χ2n) is 19.1. The van der Waals surface area contributed by atoms with Gasteiger partial charge in [0.1, 0.15) is 0 Å². The zero-order valence-electron chi connectivity index (χ0n) is 37.8. The summed E-state index contributed by atoms with van der Waals surface area (Å²) in [5.74, 6) is 0. The number of fused-ring (bicyclic) bond motifs is 14. The lowest BCUT2D eigenvalue weighted by molar-refractivity contribution is 0.590. The van der Waals surface area contributed by atoms with E-state index in [2.05, 4.69) is 242 Å². The van der Waals surface area contributed by atoms with Gasteiger partial charge in [0, 0.05) is 49.2 Å². The number of hydrogen-bond donors (Lipinski definition) is 0. The van der Waals surface area contributed by atoms with Crippen molar-refractivity contribution < 1.29 is 4.57 Å². The molecule has 2 atom stereocenters. The largest absolute Gasteiger partial charge is 0.310 e. The van der Waals surface area contributed by atoms with Gasteiger partial charge in [0.2, 0.25) is 0 Å². The van der Waals surface area contributed by atoms with Gasteiger partial charge >= 0.3 is 0 Å². The number of rotatable bonds is 5. The molecule has 10 aromatic carbocycles. The first-order valence-electron chi connectivity index (χ1n) is 23.6. The van der Waals surface area contributed by atoms with Crippen molar-refractivity contribution in [1.29, 1.82) is 0 Å². The Balaban J connectivity index is 0.976. The van der Waals surface area contributed by atoms with Crippen LogP contribution in [0.3, 0.4) is 0 Å². The molecule has 322 valence electrons. The van der Waals surface area contributed by atoms with Crippen LogP contribution in [0.15, 0.2) is 237 Å². The van der Waals surface area contributed by atoms with Gasteiger partial charge in [0.05, 0.1) is 22.1 Å². The van der Waals surface area contributed by atoms with Crippen LogP contribution in [0.25, 0.3) is 49.7 Å². The summed E-state index contributed by atoms with van der Waals surface area (Å²) in [5, 5.41) is 5.06. The SMILES string of the molecule is CC1(C)c2ccccc2-c2ccc(N(c3ccccc3)c3ccc(-c4ccc5c(c4)P(=O)(c4ccccc4)c4ccccc4C54c5ccccc5-n5c6ccccc6c6cccc4c65)cc3)cc21. The van der Waals surface area contributed by atoms with Gasteiger partial charge in [-0.1, -0.05) is 196 Å². The first-order valence-corrected chi connectivity index (χ1v) is 25.3. The normalized spacial score (nSPS) is 17.9. The van der Waals surface area contributed by atoms with Crippen LogP contribution in [0.5, 0.6) is 0 Å². The standard InChI is InChI=1S/C64H45N2OP/c1-63(2)52-25-11-9-22-48(52)49-38-37-46(41-57(49)63)65(44-18-5-3-6-19-44)45-35-32-42(33-36-45)43-34-39-55-61(40-43)68(67,47-20-7-4-8-21-47)60-31-16-13-27-54(60)64(55)53-26-12-15-30-59(53)66-58-29-14-10-23-50(58)51-24-17-28-56(64)62(51)66/h3-41H,1-2H3. The third kappa shape index (κ3) is 5.12. The van der Waals surface area contributed by atoms with Gasteiger partial charge in [-0.25, -0.2) is 0 Å². The van der Waals surface area contributed by atoms with Crippen molar-refractivity contribution in [3.63, 3.8) is 0 Å². The van der Waals surface area contributed by atoms with E-state index in [-0.39, 0.29) is 5.41 Å². The van der Waals surface area contributed by atoms with Crippen molar-refractivity contribution in [2.75, 3.05) is 4.90 Å². The molecule has 0 saturated heterocycles. The van der Waals surface area contributed by atoms with E-state index < -0.39 is 12.6 Å². The predicted molar refractivity (Wildman–Crippen MR) is 283 cm³/mol. The van der Waals surface area contributed by atoms with Gasteiger partial charge in [0.25, 0.3) is 0 Å². The highest BCUT2D eigenvalue weighted by Crippen LogP contribution is 2.61. The third-order valence-electron chi connectivity index (χ3n) is 15.5. The molecule has 1 spiro atoms. The van der Waals surface area contributed by atoms with Gasteiger partial charge in [-0.05, 0) is 110 Å². The Kier molecular flexibility index (Phi) is 8.23. The summed E-state index contributed by atoms with van der Waals surface area (Å²) < 4.78 is 19.3. The predicted octanol–water partition coefficient (Wildman–Crippen LogP) is 14.9. The second-order valence-corrected chi connectivity index (χ2v) is 21.8. The number of anilines is 3. The maximum Gasteiger partial charge on any atom is 0.171 e. The van der Waals surface area contributed by atoms with Crippen LogP contribution in [0, 0.1) is 0 Å². The maximum absolute atomic E-state index is 16.9. The number of hydrogen-bond acceptors (Lipinski definition) is 2. The maximum atomic E-state index is 16.9. The first-order chi connectivity index (χ1) is 33.4. The molecule has 68 heavy (non-hydrogen) atoms. The lowest BCUT2D eigenvalue weighted by Crippen LogP contribution is -2.48. The summed E-state index contributed by atoms with van der Waals surface area (Å²) in [6, 6.07) is 85.4. The first kappa shape index (κ1) is 39.2. The molecule has 2 aliphatic heterocycles. The Bertz CT molecular complexity index is 3920. The van der Waals surface area contributed by atoms with Crippen molar-refractivity contribution in [3.8, 4) is 27.9 Å². The van der Waals surface area contributed by atoms with Crippen LogP contribution in [0.1, 0.15) is 47.2 Å². The lowest BCUT2D eigenvalue weighted by Gasteiger charge is -2.47. The monoisotopic (exact) mass is 888 g/mol. The zero-order valence-corrected chi connectivity index (χ0v) is 38.7. The van der Waals surface area contributed by atoms with E-state index in [0.29, 0.717) is 0 Å². The second kappa shape index (κ2) is 14.3. The molecule has 14 rings (SSSR count). The molecule has 1 aliphatic carbocycles. The van der Waals surface area contributed by atoms with Gasteiger partial charge in [-0.2, -0.15) is 0 Å². The molecule has 4 heteroatoms. The molecular formula is C64H45N2OP. The summed E-state index contributed by atoms with van der Waals surface area (Å²) in [6.45, 7) is 4.68. The van der Waals surface area contributed by atoms with Gasteiger partial charge in [0.15, 0.2) is 7.14 Å². The van der Waals surface area contributed by atoms with Gasteiger partial charge < -0.3 is 14.0 Å². The Morgan fingerprint density at radius 1 is 0.412 bits per heavy atom. The van der Waals surface area contributed by atoms with E-state index in [1.807, 2.05) is 18.2 Å². The van der Waals surface area contributed by atoms with E-state index in [1.165, 1.54) is 55.2 Å². The molecule has 0 N–H and O–H groups in total. The van der Waals surface area contributed by atoms with Gasteiger partial charge in [-0.15, -0.1) is 0 Å².